The van der Waals surface area contributed by atoms with Crippen molar-refractivity contribution >= 4 is 17.3 Å². The number of para-hydroxylation sites is 1. The number of anilines is 1. The molecule has 0 amide bonds. The first-order valence-corrected chi connectivity index (χ1v) is 5.92. The average Bonchev–Trinajstić information content (AvgIpc) is 2.62. The van der Waals surface area contributed by atoms with Gasteiger partial charge in [-0.1, -0.05) is 23.7 Å². The van der Waals surface area contributed by atoms with Crippen LogP contribution in [0, 0.1) is 18.3 Å². The second kappa shape index (κ2) is 5.11. The van der Waals surface area contributed by atoms with Crippen LogP contribution >= 0.6 is 11.6 Å². The second-order valence-corrected chi connectivity index (χ2v) is 4.36. The first-order valence-electron chi connectivity index (χ1n) is 5.54. The maximum absolute atomic E-state index is 9.00. The van der Waals surface area contributed by atoms with E-state index in [4.69, 9.17) is 16.9 Å². The van der Waals surface area contributed by atoms with Gasteiger partial charge in [0.25, 0.3) is 0 Å². The molecule has 2 rings (SSSR count). The van der Waals surface area contributed by atoms with Crippen LogP contribution in [0.1, 0.15) is 17.0 Å². The van der Waals surface area contributed by atoms with Crippen LogP contribution in [0.2, 0.25) is 5.02 Å². The number of aromatic nitrogens is 2. The molecular weight excluding hydrogens is 248 g/mol. The summed E-state index contributed by atoms with van der Waals surface area (Å²) in [5.74, 6) is 0. The van der Waals surface area contributed by atoms with Crippen molar-refractivity contribution in [2.45, 2.75) is 13.5 Å². The number of aryl methyl sites for hydroxylation is 2. The van der Waals surface area contributed by atoms with E-state index < -0.39 is 0 Å². The zero-order valence-electron chi connectivity index (χ0n) is 10.2. The minimum atomic E-state index is 0.537. The largest absolute Gasteiger partial charge is 0.378 e. The van der Waals surface area contributed by atoms with E-state index in [2.05, 4.69) is 16.5 Å². The van der Waals surface area contributed by atoms with Crippen LogP contribution in [0.15, 0.2) is 24.3 Å². The molecule has 2 aromatic rings. The SMILES string of the molecule is Cc1nn(C)c(CNc2ccccc2C#N)c1Cl. The number of halogens is 1. The molecule has 0 fully saturated rings. The average molecular weight is 261 g/mol. The number of rotatable bonds is 3. The van der Waals surface area contributed by atoms with Crippen molar-refractivity contribution in [1.29, 1.82) is 5.26 Å². The van der Waals surface area contributed by atoms with Crippen LogP contribution < -0.4 is 5.32 Å². The lowest BCUT2D eigenvalue weighted by molar-refractivity contribution is 0.713. The summed E-state index contributed by atoms with van der Waals surface area (Å²) in [5.41, 5.74) is 3.13. The minimum Gasteiger partial charge on any atom is -0.378 e. The first-order chi connectivity index (χ1) is 8.63. The lowest BCUT2D eigenvalue weighted by Crippen LogP contribution is -2.06. The van der Waals surface area contributed by atoms with Crippen LogP contribution in [-0.4, -0.2) is 9.78 Å². The lowest BCUT2D eigenvalue weighted by Gasteiger charge is -2.08. The van der Waals surface area contributed by atoms with E-state index in [-0.39, 0.29) is 0 Å². The van der Waals surface area contributed by atoms with Gasteiger partial charge in [-0.05, 0) is 19.1 Å². The summed E-state index contributed by atoms with van der Waals surface area (Å²) in [6, 6.07) is 9.52. The van der Waals surface area contributed by atoms with Crippen LogP contribution in [0.4, 0.5) is 5.69 Å². The van der Waals surface area contributed by atoms with Crippen molar-refractivity contribution in [1.82, 2.24) is 9.78 Å². The van der Waals surface area contributed by atoms with Crippen molar-refractivity contribution in [2.75, 3.05) is 5.32 Å². The Morgan fingerprint density at radius 3 is 2.78 bits per heavy atom. The van der Waals surface area contributed by atoms with Gasteiger partial charge in [-0.25, -0.2) is 0 Å². The van der Waals surface area contributed by atoms with Crippen LogP contribution in [0.25, 0.3) is 0 Å². The number of hydrogen-bond donors (Lipinski definition) is 1. The molecular formula is C13H13ClN4. The highest BCUT2D eigenvalue weighted by Gasteiger charge is 2.11. The van der Waals surface area contributed by atoms with Gasteiger partial charge in [-0.15, -0.1) is 0 Å². The van der Waals surface area contributed by atoms with E-state index in [0.29, 0.717) is 17.1 Å². The quantitative estimate of drug-likeness (QED) is 0.923. The van der Waals surface area contributed by atoms with Crippen LogP contribution in [-0.2, 0) is 13.6 Å². The molecule has 0 atom stereocenters. The van der Waals surface area contributed by atoms with Gasteiger partial charge in [0.05, 0.1) is 34.2 Å². The predicted molar refractivity (Wildman–Crippen MR) is 71.4 cm³/mol. The molecule has 92 valence electrons. The Morgan fingerprint density at radius 1 is 1.44 bits per heavy atom. The van der Waals surface area contributed by atoms with Crippen molar-refractivity contribution < 1.29 is 0 Å². The van der Waals surface area contributed by atoms with Crippen molar-refractivity contribution in [3.05, 3.63) is 46.2 Å². The van der Waals surface area contributed by atoms with Crippen LogP contribution in [0.3, 0.4) is 0 Å². The number of nitriles is 1. The molecule has 1 aromatic carbocycles. The summed E-state index contributed by atoms with van der Waals surface area (Å²) < 4.78 is 1.75. The Morgan fingerprint density at radius 2 is 2.17 bits per heavy atom. The smallest absolute Gasteiger partial charge is 0.101 e. The summed E-state index contributed by atoms with van der Waals surface area (Å²) >= 11 is 6.17. The highest BCUT2D eigenvalue weighted by Crippen LogP contribution is 2.21. The third-order valence-electron chi connectivity index (χ3n) is 2.76. The van der Waals surface area contributed by atoms with Gasteiger partial charge in [0.15, 0.2) is 0 Å². The fourth-order valence-electron chi connectivity index (χ4n) is 1.79. The third-order valence-corrected chi connectivity index (χ3v) is 3.25. The Hall–Kier alpha value is -1.99. The highest BCUT2D eigenvalue weighted by atomic mass is 35.5. The number of benzene rings is 1. The topological polar surface area (TPSA) is 53.6 Å². The highest BCUT2D eigenvalue weighted by molar-refractivity contribution is 6.31. The van der Waals surface area contributed by atoms with Gasteiger partial charge in [-0.2, -0.15) is 10.4 Å². The monoisotopic (exact) mass is 260 g/mol. The minimum absolute atomic E-state index is 0.537. The Bertz CT molecular complexity index is 610. The molecule has 0 spiro atoms. The molecule has 0 saturated heterocycles. The van der Waals surface area contributed by atoms with Crippen molar-refractivity contribution in [2.24, 2.45) is 7.05 Å². The van der Waals surface area contributed by atoms with Gasteiger partial charge >= 0.3 is 0 Å². The van der Waals surface area contributed by atoms with Gasteiger partial charge in [-0.3, -0.25) is 4.68 Å². The molecule has 0 aliphatic heterocycles. The number of hydrogen-bond acceptors (Lipinski definition) is 3. The standard InChI is InChI=1S/C13H13ClN4/c1-9-13(14)12(18(2)17-9)8-16-11-6-4-3-5-10(11)7-15/h3-6,16H,8H2,1-2H3. The fraction of sp³-hybridized carbons (Fsp3) is 0.231. The maximum atomic E-state index is 9.00. The van der Waals surface area contributed by atoms with E-state index in [9.17, 15) is 0 Å². The van der Waals surface area contributed by atoms with E-state index in [1.54, 1.807) is 10.7 Å². The molecule has 0 aliphatic carbocycles. The van der Waals surface area contributed by atoms with Crippen LogP contribution in [0.5, 0.6) is 0 Å². The summed E-state index contributed by atoms with van der Waals surface area (Å²) in [6.07, 6.45) is 0. The molecule has 1 heterocycles. The molecule has 1 aromatic heterocycles. The maximum Gasteiger partial charge on any atom is 0.101 e. The number of nitrogens with zero attached hydrogens (tertiary/aromatic N) is 3. The zero-order chi connectivity index (χ0) is 13.1. The van der Waals surface area contributed by atoms with E-state index in [0.717, 1.165) is 17.1 Å². The van der Waals surface area contributed by atoms with E-state index in [1.165, 1.54) is 0 Å². The molecule has 0 radical (unpaired) electrons. The molecule has 4 nitrogen and oxygen atoms in total. The Balaban J connectivity index is 2.20. The lowest BCUT2D eigenvalue weighted by atomic mass is 10.2. The second-order valence-electron chi connectivity index (χ2n) is 3.98. The molecule has 5 heteroatoms. The fourth-order valence-corrected chi connectivity index (χ4v) is 2.01. The Labute approximate surface area is 111 Å². The van der Waals surface area contributed by atoms with Crippen molar-refractivity contribution in [3.8, 4) is 6.07 Å². The summed E-state index contributed by atoms with van der Waals surface area (Å²) in [7, 11) is 1.85. The molecule has 1 N–H and O–H groups in total. The van der Waals surface area contributed by atoms with E-state index in [1.807, 2.05) is 32.2 Å². The van der Waals surface area contributed by atoms with Gasteiger partial charge in [0, 0.05) is 7.05 Å². The zero-order valence-corrected chi connectivity index (χ0v) is 11.0. The van der Waals surface area contributed by atoms with E-state index >= 15 is 0 Å². The first kappa shape index (κ1) is 12.5. The molecule has 0 saturated carbocycles. The normalized spacial score (nSPS) is 10.1. The molecule has 0 unspecified atom stereocenters. The number of nitrogens with one attached hydrogen (secondary N) is 1. The summed E-state index contributed by atoms with van der Waals surface area (Å²) in [5, 5.41) is 17.1. The molecule has 0 bridgehead atoms. The molecule has 18 heavy (non-hydrogen) atoms. The third kappa shape index (κ3) is 2.31. The van der Waals surface area contributed by atoms with Gasteiger partial charge < -0.3 is 5.32 Å². The van der Waals surface area contributed by atoms with Gasteiger partial charge in [0.2, 0.25) is 0 Å². The summed E-state index contributed by atoms with van der Waals surface area (Å²) in [6.45, 7) is 2.41. The predicted octanol–water partition coefficient (Wildman–Crippen LogP) is 2.87. The van der Waals surface area contributed by atoms with Crippen molar-refractivity contribution in [3.63, 3.8) is 0 Å². The Kier molecular flexibility index (Phi) is 3.54. The molecule has 0 aliphatic rings. The summed E-state index contributed by atoms with van der Waals surface area (Å²) in [4.78, 5) is 0. The van der Waals surface area contributed by atoms with Gasteiger partial charge in [0.1, 0.15) is 6.07 Å².